The summed E-state index contributed by atoms with van der Waals surface area (Å²) < 4.78 is 12.3. The minimum Gasteiger partial charge on any atom is -0.454 e. The van der Waals surface area contributed by atoms with Crippen molar-refractivity contribution in [3.05, 3.63) is 71.8 Å². The van der Waals surface area contributed by atoms with Crippen LogP contribution in [-0.4, -0.2) is 24.1 Å². The molecule has 4 heteroatoms. The van der Waals surface area contributed by atoms with Crippen LogP contribution in [0, 0.1) is 35.5 Å². The first-order valence-electron chi connectivity index (χ1n) is 11.6. The Labute approximate surface area is 183 Å². The van der Waals surface area contributed by atoms with Gasteiger partial charge in [0, 0.05) is 11.8 Å². The van der Waals surface area contributed by atoms with Gasteiger partial charge in [-0.3, -0.25) is 0 Å². The second kappa shape index (κ2) is 8.14. The molecule has 0 aromatic heterocycles. The topological polar surface area (TPSA) is 52.6 Å². The fourth-order valence-corrected chi connectivity index (χ4v) is 6.74. The predicted molar refractivity (Wildman–Crippen MR) is 117 cm³/mol. The summed E-state index contributed by atoms with van der Waals surface area (Å²) in [5.74, 6) is 1.86. The highest BCUT2D eigenvalue weighted by Crippen LogP contribution is 2.63. The van der Waals surface area contributed by atoms with Crippen molar-refractivity contribution < 1.29 is 19.1 Å². The van der Waals surface area contributed by atoms with Crippen LogP contribution in [-0.2, 0) is 9.47 Å². The zero-order valence-corrected chi connectivity index (χ0v) is 18.1. The SMILES string of the molecule is CC(C)C1C(OC(=O)c2ccccc2)C(OC(=O)c2ccccc2)C2C3CCC(C3)C12. The third-order valence-electron chi connectivity index (χ3n) is 7.85. The summed E-state index contributed by atoms with van der Waals surface area (Å²) in [6.45, 7) is 4.41. The van der Waals surface area contributed by atoms with Gasteiger partial charge in [0.05, 0.1) is 11.1 Å². The molecular weight excluding hydrogens is 388 g/mol. The molecule has 3 aliphatic rings. The minimum absolute atomic E-state index is 0.210. The van der Waals surface area contributed by atoms with E-state index in [-0.39, 0.29) is 29.9 Å². The molecule has 2 aromatic rings. The summed E-state index contributed by atoms with van der Waals surface area (Å²) >= 11 is 0. The average Bonchev–Trinajstić information content (AvgIpc) is 3.48. The van der Waals surface area contributed by atoms with Crippen LogP contribution in [0.15, 0.2) is 60.7 Å². The molecule has 0 N–H and O–H groups in total. The number of carbonyl (C=O) groups excluding carboxylic acids is 2. The molecule has 2 bridgehead atoms. The summed E-state index contributed by atoms with van der Waals surface area (Å²) in [5, 5.41) is 0. The molecule has 7 unspecified atom stereocenters. The van der Waals surface area contributed by atoms with Crippen LogP contribution >= 0.6 is 0 Å². The zero-order valence-electron chi connectivity index (χ0n) is 18.1. The molecule has 5 rings (SSSR count). The lowest BCUT2D eigenvalue weighted by Crippen LogP contribution is -2.40. The second-order valence-electron chi connectivity index (χ2n) is 9.78. The van der Waals surface area contributed by atoms with Crippen molar-refractivity contribution >= 4 is 11.9 Å². The molecule has 0 heterocycles. The standard InChI is InChI=1S/C27H30O4/c1-16(2)21-22-19-13-14-20(15-19)23(22)25(31-27(29)18-11-7-4-8-12-18)24(21)30-26(28)17-9-5-3-6-10-17/h3-12,16,19-25H,13-15H2,1-2H3. The fourth-order valence-electron chi connectivity index (χ4n) is 6.74. The van der Waals surface area contributed by atoms with E-state index in [1.54, 1.807) is 24.3 Å². The predicted octanol–water partition coefficient (Wildman–Crippen LogP) is 5.39. The number of esters is 2. The number of ether oxygens (including phenoxy) is 2. The monoisotopic (exact) mass is 418 g/mol. The Kier molecular flexibility index (Phi) is 5.33. The maximum absolute atomic E-state index is 13.0. The molecule has 0 amide bonds. The molecule has 3 fully saturated rings. The Hall–Kier alpha value is -2.62. The Morgan fingerprint density at radius 3 is 1.74 bits per heavy atom. The Balaban J connectivity index is 1.47. The van der Waals surface area contributed by atoms with Gasteiger partial charge in [-0.1, -0.05) is 50.2 Å². The van der Waals surface area contributed by atoms with Gasteiger partial charge in [0.1, 0.15) is 12.2 Å². The molecule has 0 spiro atoms. The van der Waals surface area contributed by atoms with E-state index in [9.17, 15) is 9.59 Å². The molecule has 3 saturated carbocycles. The Morgan fingerprint density at radius 1 is 0.742 bits per heavy atom. The van der Waals surface area contributed by atoms with E-state index in [0.29, 0.717) is 34.8 Å². The minimum atomic E-state index is -0.404. The van der Waals surface area contributed by atoms with Gasteiger partial charge < -0.3 is 9.47 Å². The summed E-state index contributed by atoms with van der Waals surface area (Å²) in [6, 6.07) is 18.2. The molecule has 3 aliphatic carbocycles. The lowest BCUT2D eigenvalue weighted by atomic mass is 9.74. The maximum Gasteiger partial charge on any atom is 0.338 e. The van der Waals surface area contributed by atoms with Gasteiger partial charge in [-0.2, -0.15) is 0 Å². The molecule has 2 aromatic carbocycles. The van der Waals surface area contributed by atoms with E-state index in [1.807, 2.05) is 36.4 Å². The number of hydrogen-bond donors (Lipinski definition) is 0. The molecular formula is C27H30O4. The first-order valence-corrected chi connectivity index (χ1v) is 11.6. The summed E-state index contributed by atoms with van der Waals surface area (Å²) in [5.41, 5.74) is 1.08. The van der Waals surface area contributed by atoms with Crippen molar-refractivity contribution in [3.8, 4) is 0 Å². The summed E-state index contributed by atoms with van der Waals surface area (Å²) in [4.78, 5) is 26.0. The Bertz CT molecular complexity index is 885. The number of benzene rings is 2. The van der Waals surface area contributed by atoms with E-state index >= 15 is 0 Å². The quantitative estimate of drug-likeness (QED) is 0.611. The van der Waals surface area contributed by atoms with Crippen LogP contribution in [0.5, 0.6) is 0 Å². The van der Waals surface area contributed by atoms with Gasteiger partial charge in [0.25, 0.3) is 0 Å². The number of rotatable bonds is 5. The van der Waals surface area contributed by atoms with E-state index in [0.717, 1.165) is 0 Å². The first kappa shape index (κ1) is 20.3. The highest BCUT2D eigenvalue weighted by molar-refractivity contribution is 5.90. The molecule has 7 atom stereocenters. The molecule has 162 valence electrons. The number of carbonyl (C=O) groups is 2. The van der Waals surface area contributed by atoms with Gasteiger partial charge >= 0.3 is 11.9 Å². The van der Waals surface area contributed by atoms with Gasteiger partial charge in [-0.05, 0) is 67.2 Å². The van der Waals surface area contributed by atoms with Crippen molar-refractivity contribution in [1.82, 2.24) is 0 Å². The van der Waals surface area contributed by atoms with E-state index < -0.39 is 6.10 Å². The van der Waals surface area contributed by atoms with E-state index in [2.05, 4.69) is 13.8 Å². The van der Waals surface area contributed by atoms with Crippen molar-refractivity contribution in [1.29, 1.82) is 0 Å². The largest absolute Gasteiger partial charge is 0.454 e. The lowest BCUT2D eigenvalue weighted by molar-refractivity contribution is -0.0536. The van der Waals surface area contributed by atoms with Crippen molar-refractivity contribution in [2.24, 2.45) is 35.5 Å². The smallest absolute Gasteiger partial charge is 0.338 e. The van der Waals surface area contributed by atoms with Crippen LogP contribution in [0.1, 0.15) is 53.8 Å². The van der Waals surface area contributed by atoms with Crippen LogP contribution in [0.4, 0.5) is 0 Å². The molecule has 0 radical (unpaired) electrons. The Morgan fingerprint density at radius 2 is 1.23 bits per heavy atom. The molecule has 31 heavy (non-hydrogen) atoms. The maximum atomic E-state index is 13.0. The average molecular weight is 419 g/mol. The van der Waals surface area contributed by atoms with Gasteiger partial charge in [0.15, 0.2) is 0 Å². The first-order chi connectivity index (χ1) is 15.0. The molecule has 0 aliphatic heterocycles. The van der Waals surface area contributed by atoms with E-state index in [4.69, 9.17) is 9.47 Å². The fraction of sp³-hybridized carbons (Fsp3) is 0.481. The van der Waals surface area contributed by atoms with Crippen LogP contribution in [0.2, 0.25) is 0 Å². The van der Waals surface area contributed by atoms with Crippen LogP contribution in [0.3, 0.4) is 0 Å². The van der Waals surface area contributed by atoms with Crippen molar-refractivity contribution in [2.75, 3.05) is 0 Å². The lowest BCUT2D eigenvalue weighted by Gasteiger charge is -2.31. The van der Waals surface area contributed by atoms with Gasteiger partial charge in [-0.15, -0.1) is 0 Å². The number of hydrogen-bond acceptors (Lipinski definition) is 4. The van der Waals surface area contributed by atoms with Crippen molar-refractivity contribution in [2.45, 2.75) is 45.3 Å². The summed E-state index contributed by atoms with van der Waals surface area (Å²) in [7, 11) is 0. The zero-order chi connectivity index (χ0) is 21.5. The van der Waals surface area contributed by atoms with Gasteiger partial charge in [-0.25, -0.2) is 9.59 Å². The second-order valence-corrected chi connectivity index (χ2v) is 9.78. The van der Waals surface area contributed by atoms with E-state index in [1.165, 1.54) is 19.3 Å². The highest BCUT2D eigenvalue weighted by atomic mass is 16.6. The summed E-state index contributed by atoms with van der Waals surface area (Å²) in [6.07, 6.45) is 2.87. The molecule has 0 saturated heterocycles. The highest BCUT2D eigenvalue weighted by Gasteiger charge is 2.64. The molecule has 4 nitrogen and oxygen atoms in total. The third-order valence-corrected chi connectivity index (χ3v) is 7.85. The normalized spacial score (nSPS) is 33.3. The van der Waals surface area contributed by atoms with Crippen LogP contribution < -0.4 is 0 Å². The van der Waals surface area contributed by atoms with Crippen molar-refractivity contribution in [3.63, 3.8) is 0 Å². The third kappa shape index (κ3) is 3.56. The number of fused-ring (bicyclic) bond motifs is 5. The van der Waals surface area contributed by atoms with Crippen LogP contribution in [0.25, 0.3) is 0 Å². The van der Waals surface area contributed by atoms with Gasteiger partial charge in [0.2, 0.25) is 0 Å².